The average Bonchev–Trinajstić information content (AvgIpc) is 2.74. The van der Waals surface area contributed by atoms with E-state index in [0.717, 1.165) is 0 Å². The predicted octanol–water partition coefficient (Wildman–Crippen LogP) is 8.53. The highest BCUT2D eigenvalue weighted by Crippen LogP contribution is 2.61. The van der Waals surface area contributed by atoms with Gasteiger partial charge in [-0.3, -0.25) is 0 Å². The molecule has 0 radical (unpaired) electrons. The fourth-order valence-corrected chi connectivity index (χ4v) is 16.0. The van der Waals surface area contributed by atoms with E-state index in [0.29, 0.717) is 6.42 Å². The number of rotatable bonds is 19. The van der Waals surface area contributed by atoms with Crippen LogP contribution in [-0.4, -0.2) is 55.9 Å². The summed E-state index contributed by atoms with van der Waals surface area (Å²) in [4.78, 5) is 19.3. The molecule has 4 nitrogen and oxygen atoms in total. The molecule has 0 rings (SSSR count). The summed E-state index contributed by atoms with van der Waals surface area (Å²) in [7, 11) is -5.67. The smallest absolute Gasteiger partial charge is 0.0596 e. The molecule has 7 heteroatoms. The van der Waals surface area contributed by atoms with Gasteiger partial charge in [-0.05, 0) is 57.8 Å². The SMILES string of the molecule is CCCOP(=O)([O-])[O-].CCC[P+](CCC)(CCC)CCC.CCC[P+](CCC)(CCC)CCC. The van der Waals surface area contributed by atoms with E-state index in [1.54, 1.807) is 56.2 Å². The summed E-state index contributed by atoms with van der Waals surface area (Å²) in [6, 6.07) is 0. The molecule has 0 unspecified atom stereocenters. The van der Waals surface area contributed by atoms with Crippen molar-refractivity contribution in [3.8, 4) is 0 Å². The topological polar surface area (TPSA) is 72.4 Å². The molecule has 0 spiro atoms. The Morgan fingerprint density at radius 3 is 0.765 bits per heavy atom. The van der Waals surface area contributed by atoms with Crippen LogP contribution in [0.3, 0.4) is 0 Å². The normalized spacial score (nSPS) is 12.0. The first-order valence-electron chi connectivity index (χ1n) is 14.4. The summed E-state index contributed by atoms with van der Waals surface area (Å²) in [6.07, 6.45) is 24.3. The van der Waals surface area contributed by atoms with Crippen LogP contribution in [0.25, 0.3) is 0 Å². The fourth-order valence-electron chi connectivity index (χ4n) is 5.34. The predicted molar refractivity (Wildman–Crippen MR) is 159 cm³/mol. The third-order valence-electron chi connectivity index (χ3n) is 6.04. The van der Waals surface area contributed by atoms with Crippen LogP contribution >= 0.6 is 22.3 Å². The lowest BCUT2D eigenvalue weighted by atomic mass is 10.5. The minimum Gasteiger partial charge on any atom is -0.790 e. The molecule has 0 saturated carbocycles. The van der Waals surface area contributed by atoms with Crippen LogP contribution < -0.4 is 9.79 Å². The van der Waals surface area contributed by atoms with Crippen LogP contribution in [0.5, 0.6) is 0 Å². The Hall–Kier alpha value is 0.970. The van der Waals surface area contributed by atoms with Crippen LogP contribution in [0.15, 0.2) is 0 Å². The summed E-state index contributed by atoms with van der Waals surface area (Å²) in [5.41, 5.74) is 0. The average molecular weight is 545 g/mol. The lowest BCUT2D eigenvalue weighted by molar-refractivity contribution is -0.341. The van der Waals surface area contributed by atoms with Crippen molar-refractivity contribution in [2.45, 2.75) is 120 Å². The summed E-state index contributed by atoms with van der Waals surface area (Å²) in [5.74, 6) is 0. The Labute approximate surface area is 217 Å². The van der Waals surface area contributed by atoms with Gasteiger partial charge in [0.05, 0.1) is 63.7 Å². The van der Waals surface area contributed by atoms with Crippen molar-refractivity contribution in [1.29, 1.82) is 0 Å². The highest BCUT2D eigenvalue weighted by molar-refractivity contribution is 7.76. The molecule has 34 heavy (non-hydrogen) atoms. The Bertz CT molecular complexity index is 368. The molecule has 0 aromatic rings. The first-order valence-corrected chi connectivity index (χ1v) is 20.9. The van der Waals surface area contributed by atoms with Crippen LogP contribution in [-0.2, 0) is 9.09 Å². The number of hydrogen-bond acceptors (Lipinski definition) is 4. The lowest BCUT2D eigenvalue weighted by Gasteiger charge is -2.28. The molecular weight excluding hydrogens is 481 g/mol. The molecule has 0 fully saturated rings. The minimum absolute atomic E-state index is 0.00965. The Morgan fingerprint density at radius 2 is 0.676 bits per heavy atom. The molecule has 0 aliphatic carbocycles. The number of hydrogen-bond donors (Lipinski definition) is 0. The molecule has 0 aliphatic heterocycles. The van der Waals surface area contributed by atoms with Gasteiger partial charge >= 0.3 is 0 Å². The van der Waals surface area contributed by atoms with E-state index in [9.17, 15) is 14.4 Å². The van der Waals surface area contributed by atoms with Gasteiger partial charge in [-0.1, -0.05) is 62.3 Å². The van der Waals surface area contributed by atoms with Crippen molar-refractivity contribution in [3.63, 3.8) is 0 Å². The maximum Gasteiger partial charge on any atom is 0.0596 e. The van der Waals surface area contributed by atoms with Gasteiger partial charge in [0.15, 0.2) is 0 Å². The van der Waals surface area contributed by atoms with Gasteiger partial charge in [0.1, 0.15) is 0 Å². The van der Waals surface area contributed by atoms with Gasteiger partial charge in [0, 0.05) is 14.5 Å². The molecule has 0 aromatic carbocycles. The van der Waals surface area contributed by atoms with Crippen molar-refractivity contribution < 1.29 is 18.9 Å². The standard InChI is InChI=1S/2C12H28P.C3H9O4P/c2*1-5-9-13(10-6-2,11-7-3)12-8-4;1-2-3-7-8(4,5)6/h2*5-12H2,1-4H3;2-3H2,1H3,(H2,4,5,6)/q2*+1;/p-2. The largest absolute Gasteiger partial charge is 0.790 e. The maximum absolute atomic E-state index is 9.64. The number of phosphoric ester groups is 1. The molecule has 210 valence electrons. The van der Waals surface area contributed by atoms with E-state index < -0.39 is 22.3 Å². The Morgan fingerprint density at radius 1 is 0.471 bits per heavy atom. The molecule has 0 amide bonds. The third kappa shape index (κ3) is 23.4. The van der Waals surface area contributed by atoms with Crippen LogP contribution in [0.4, 0.5) is 0 Å². The Kier molecular flexibility index (Phi) is 29.7. The highest BCUT2D eigenvalue weighted by atomic mass is 31.2. The van der Waals surface area contributed by atoms with E-state index in [4.69, 9.17) is 0 Å². The van der Waals surface area contributed by atoms with E-state index in [1.807, 2.05) is 0 Å². The van der Waals surface area contributed by atoms with Gasteiger partial charge in [-0.25, -0.2) is 0 Å². The second kappa shape index (κ2) is 25.6. The molecule has 0 aromatic heterocycles. The second-order valence-corrected chi connectivity index (χ2v) is 19.8. The van der Waals surface area contributed by atoms with E-state index in [-0.39, 0.29) is 6.61 Å². The van der Waals surface area contributed by atoms with Gasteiger partial charge < -0.3 is 18.9 Å². The quantitative estimate of drug-likeness (QED) is 0.153. The first kappa shape index (κ1) is 39.5. The van der Waals surface area contributed by atoms with Gasteiger partial charge in [0.2, 0.25) is 0 Å². The molecule has 0 saturated heterocycles. The zero-order valence-corrected chi connectivity index (χ0v) is 27.4. The fraction of sp³-hybridized carbons (Fsp3) is 1.00. The van der Waals surface area contributed by atoms with Crippen molar-refractivity contribution in [2.75, 3.05) is 55.9 Å². The third-order valence-corrected chi connectivity index (χ3v) is 17.7. The monoisotopic (exact) mass is 544 g/mol. The van der Waals surface area contributed by atoms with Crippen molar-refractivity contribution in [2.24, 2.45) is 0 Å². The number of phosphoric acid groups is 1. The minimum atomic E-state index is -4.68. The molecule has 0 heterocycles. The summed E-state index contributed by atoms with van der Waals surface area (Å²) in [5, 5.41) is 0. The van der Waals surface area contributed by atoms with Crippen LogP contribution in [0.1, 0.15) is 120 Å². The zero-order valence-electron chi connectivity index (χ0n) is 24.7. The van der Waals surface area contributed by atoms with E-state index in [1.165, 1.54) is 51.4 Å². The molecule has 0 bridgehead atoms. The molecule has 0 aliphatic rings. The van der Waals surface area contributed by atoms with Crippen molar-refractivity contribution in [3.05, 3.63) is 0 Å². The summed E-state index contributed by atoms with van der Waals surface area (Å²) < 4.78 is 13.5. The first-order chi connectivity index (χ1) is 16.0. The highest BCUT2D eigenvalue weighted by Gasteiger charge is 2.33. The van der Waals surface area contributed by atoms with Crippen LogP contribution in [0.2, 0.25) is 0 Å². The van der Waals surface area contributed by atoms with Gasteiger partial charge in [0.25, 0.3) is 0 Å². The van der Waals surface area contributed by atoms with Crippen LogP contribution in [0, 0.1) is 0 Å². The summed E-state index contributed by atoms with van der Waals surface area (Å²) >= 11 is 0. The van der Waals surface area contributed by atoms with Crippen molar-refractivity contribution in [1.82, 2.24) is 0 Å². The van der Waals surface area contributed by atoms with E-state index in [2.05, 4.69) is 59.9 Å². The van der Waals surface area contributed by atoms with E-state index >= 15 is 0 Å². The second-order valence-electron chi connectivity index (χ2n) is 9.75. The lowest BCUT2D eigenvalue weighted by Crippen LogP contribution is -2.16. The van der Waals surface area contributed by atoms with Gasteiger partial charge in [-0.15, -0.1) is 0 Å². The summed E-state index contributed by atoms with van der Waals surface area (Å²) in [6.45, 7) is 20.6. The van der Waals surface area contributed by atoms with Gasteiger partial charge in [-0.2, -0.15) is 0 Å². The maximum atomic E-state index is 9.64. The molecule has 0 N–H and O–H groups in total. The van der Waals surface area contributed by atoms with Crippen molar-refractivity contribution >= 4 is 22.3 Å². The Balaban J connectivity index is -0.000000438. The zero-order chi connectivity index (χ0) is 26.9. The molecule has 0 atom stereocenters. The molecular formula is C27H63O4P3.